The maximum atomic E-state index is 5.56. The Morgan fingerprint density at radius 2 is 1.91 bits per heavy atom. The zero-order valence-corrected chi connectivity index (χ0v) is 8.29. The molecule has 0 bridgehead atoms. The zero-order valence-electron chi connectivity index (χ0n) is 7.47. The molecule has 0 aliphatic heterocycles. The summed E-state index contributed by atoms with van der Waals surface area (Å²) in [6, 6.07) is 4.07. The zero-order chi connectivity index (χ0) is 8.48. The summed E-state index contributed by atoms with van der Waals surface area (Å²) in [4.78, 5) is 0. The number of furan rings is 1. The van der Waals surface area contributed by atoms with Gasteiger partial charge in [0.05, 0.1) is 0 Å². The molecular weight excluding hydrogens is 156 g/mol. The summed E-state index contributed by atoms with van der Waals surface area (Å²) in [7, 11) is 0. The fraction of sp³-hybridized carbons (Fsp3) is 0.556. The maximum absolute atomic E-state index is 5.56. The number of rotatable bonds is 1. The maximum Gasteiger partial charge on any atom is 0.160 e. The molecule has 0 aliphatic rings. The van der Waals surface area contributed by atoms with Crippen molar-refractivity contribution in [3.63, 3.8) is 0 Å². The highest BCUT2D eigenvalue weighted by Gasteiger charge is 2.17. The Morgan fingerprint density at radius 1 is 1.27 bits per heavy atom. The van der Waals surface area contributed by atoms with Gasteiger partial charge in [0.25, 0.3) is 0 Å². The summed E-state index contributed by atoms with van der Waals surface area (Å²) in [5, 5.41) is 0.995. The van der Waals surface area contributed by atoms with E-state index in [4.69, 9.17) is 4.42 Å². The van der Waals surface area contributed by atoms with Crippen LogP contribution >= 0.6 is 11.8 Å². The first kappa shape index (κ1) is 8.72. The second-order valence-electron chi connectivity index (χ2n) is 3.57. The Hall–Kier alpha value is -0.370. The van der Waals surface area contributed by atoms with Crippen LogP contribution in [0.4, 0.5) is 0 Å². The molecule has 1 aromatic rings. The molecule has 0 spiro atoms. The van der Waals surface area contributed by atoms with Crippen LogP contribution in [0.15, 0.2) is 21.6 Å². The van der Waals surface area contributed by atoms with Gasteiger partial charge < -0.3 is 4.42 Å². The fourth-order valence-corrected chi connectivity index (χ4v) is 1.21. The van der Waals surface area contributed by atoms with Crippen LogP contribution in [0.2, 0.25) is 0 Å². The van der Waals surface area contributed by atoms with Crippen molar-refractivity contribution >= 4 is 11.8 Å². The van der Waals surface area contributed by atoms with Crippen molar-refractivity contribution in [2.45, 2.75) is 31.3 Å². The molecule has 0 aliphatic carbocycles. The lowest BCUT2D eigenvalue weighted by molar-refractivity contribution is 0.363. The van der Waals surface area contributed by atoms with Gasteiger partial charge >= 0.3 is 0 Å². The topological polar surface area (TPSA) is 13.1 Å². The molecule has 1 aromatic heterocycles. The molecule has 0 fully saturated rings. The highest BCUT2D eigenvalue weighted by Crippen LogP contribution is 2.27. The summed E-state index contributed by atoms with van der Waals surface area (Å²) in [6.07, 6.45) is 2.02. The van der Waals surface area contributed by atoms with Gasteiger partial charge in [-0.3, -0.25) is 0 Å². The van der Waals surface area contributed by atoms with E-state index in [-0.39, 0.29) is 5.41 Å². The van der Waals surface area contributed by atoms with Crippen LogP contribution in [-0.4, -0.2) is 6.26 Å². The molecule has 0 amide bonds. The molecule has 0 atom stereocenters. The van der Waals surface area contributed by atoms with E-state index in [0.29, 0.717) is 0 Å². The Bertz CT molecular complexity index is 232. The van der Waals surface area contributed by atoms with Crippen molar-refractivity contribution in [1.82, 2.24) is 0 Å². The van der Waals surface area contributed by atoms with E-state index in [9.17, 15) is 0 Å². The first-order valence-electron chi connectivity index (χ1n) is 3.68. The van der Waals surface area contributed by atoms with Crippen molar-refractivity contribution in [2.75, 3.05) is 6.26 Å². The van der Waals surface area contributed by atoms with Crippen LogP contribution in [0.1, 0.15) is 26.5 Å². The molecule has 0 radical (unpaired) electrons. The van der Waals surface area contributed by atoms with Crippen molar-refractivity contribution in [1.29, 1.82) is 0 Å². The summed E-state index contributed by atoms with van der Waals surface area (Å²) in [5.41, 5.74) is 0.133. The molecule has 1 rings (SSSR count). The Kier molecular flexibility index (Phi) is 2.33. The highest BCUT2D eigenvalue weighted by molar-refractivity contribution is 7.98. The molecule has 0 aromatic carbocycles. The quantitative estimate of drug-likeness (QED) is 0.600. The van der Waals surface area contributed by atoms with Gasteiger partial charge in [-0.1, -0.05) is 32.5 Å². The number of hydrogen-bond donors (Lipinski definition) is 0. The van der Waals surface area contributed by atoms with Gasteiger partial charge in [-0.25, -0.2) is 0 Å². The summed E-state index contributed by atoms with van der Waals surface area (Å²) < 4.78 is 5.56. The van der Waals surface area contributed by atoms with Gasteiger partial charge in [0, 0.05) is 5.41 Å². The number of hydrogen-bond acceptors (Lipinski definition) is 2. The molecule has 11 heavy (non-hydrogen) atoms. The third kappa shape index (κ3) is 2.03. The normalized spacial score (nSPS) is 12.0. The van der Waals surface area contributed by atoms with Crippen molar-refractivity contribution < 1.29 is 4.42 Å². The molecular formula is C9H14OS. The van der Waals surface area contributed by atoms with Gasteiger partial charge in [-0.2, -0.15) is 0 Å². The van der Waals surface area contributed by atoms with Crippen LogP contribution in [0.25, 0.3) is 0 Å². The van der Waals surface area contributed by atoms with Gasteiger partial charge in [-0.15, -0.1) is 0 Å². The van der Waals surface area contributed by atoms with E-state index in [1.54, 1.807) is 11.8 Å². The molecule has 0 N–H and O–H groups in total. The predicted molar refractivity (Wildman–Crippen MR) is 49.2 cm³/mol. The monoisotopic (exact) mass is 170 g/mol. The third-order valence-electron chi connectivity index (χ3n) is 1.52. The van der Waals surface area contributed by atoms with E-state index >= 15 is 0 Å². The van der Waals surface area contributed by atoms with Crippen LogP contribution < -0.4 is 0 Å². The minimum atomic E-state index is 0.133. The molecule has 0 saturated carbocycles. The van der Waals surface area contributed by atoms with Crippen LogP contribution in [0.5, 0.6) is 0 Å². The van der Waals surface area contributed by atoms with Gasteiger partial charge in [0.2, 0.25) is 0 Å². The minimum absolute atomic E-state index is 0.133. The first-order valence-corrected chi connectivity index (χ1v) is 4.91. The highest BCUT2D eigenvalue weighted by atomic mass is 32.2. The van der Waals surface area contributed by atoms with Crippen LogP contribution in [-0.2, 0) is 5.41 Å². The van der Waals surface area contributed by atoms with E-state index in [0.717, 1.165) is 10.9 Å². The van der Waals surface area contributed by atoms with E-state index in [1.165, 1.54) is 0 Å². The summed E-state index contributed by atoms with van der Waals surface area (Å²) in [6.45, 7) is 6.45. The average Bonchev–Trinajstić information content (AvgIpc) is 2.32. The fourth-order valence-electron chi connectivity index (χ4n) is 0.833. The SMILES string of the molecule is CSc1ccc(C(C)(C)C)o1. The Morgan fingerprint density at radius 3 is 2.18 bits per heavy atom. The minimum Gasteiger partial charge on any atom is -0.454 e. The largest absolute Gasteiger partial charge is 0.454 e. The van der Waals surface area contributed by atoms with Gasteiger partial charge in [0.15, 0.2) is 5.09 Å². The van der Waals surface area contributed by atoms with Gasteiger partial charge in [-0.05, 0) is 18.4 Å². The second-order valence-corrected chi connectivity index (χ2v) is 4.38. The van der Waals surface area contributed by atoms with Crippen LogP contribution in [0, 0.1) is 0 Å². The Labute approximate surface area is 72.2 Å². The molecule has 2 heteroatoms. The molecule has 1 heterocycles. The second kappa shape index (κ2) is 2.94. The average molecular weight is 170 g/mol. The lowest BCUT2D eigenvalue weighted by atomic mass is 9.94. The summed E-state index contributed by atoms with van der Waals surface area (Å²) >= 11 is 1.64. The predicted octanol–water partition coefficient (Wildman–Crippen LogP) is 3.30. The molecule has 0 unspecified atom stereocenters. The van der Waals surface area contributed by atoms with E-state index in [1.807, 2.05) is 18.4 Å². The van der Waals surface area contributed by atoms with Crippen LogP contribution in [0.3, 0.4) is 0 Å². The number of thioether (sulfide) groups is 1. The third-order valence-corrected chi connectivity index (χ3v) is 2.14. The van der Waals surface area contributed by atoms with Crippen molar-refractivity contribution in [2.24, 2.45) is 0 Å². The smallest absolute Gasteiger partial charge is 0.160 e. The molecule has 0 saturated heterocycles. The van der Waals surface area contributed by atoms with E-state index in [2.05, 4.69) is 20.8 Å². The van der Waals surface area contributed by atoms with Crippen molar-refractivity contribution in [3.05, 3.63) is 17.9 Å². The van der Waals surface area contributed by atoms with Crippen molar-refractivity contribution in [3.8, 4) is 0 Å². The lowest BCUT2D eigenvalue weighted by Gasteiger charge is -2.13. The van der Waals surface area contributed by atoms with Gasteiger partial charge in [0.1, 0.15) is 5.76 Å². The van der Waals surface area contributed by atoms with E-state index < -0.39 is 0 Å². The standard InChI is InChI=1S/C9H14OS/c1-9(2,3)7-5-6-8(10-7)11-4/h5-6H,1-4H3. The summed E-state index contributed by atoms with van der Waals surface area (Å²) in [5.74, 6) is 1.06. The first-order chi connectivity index (χ1) is 5.04. The molecule has 62 valence electrons. The molecule has 1 nitrogen and oxygen atoms in total. The Balaban J connectivity index is 2.89. The lowest BCUT2D eigenvalue weighted by Crippen LogP contribution is -2.08.